The third-order valence-electron chi connectivity index (χ3n) is 5.25. The zero-order valence-electron chi connectivity index (χ0n) is 16.1. The van der Waals surface area contributed by atoms with E-state index in [1.165, 1.54) is 4.85 Å². The maximum atomic E-state index is 13.1. The summed E-state index contributed by atoms with van der Waals surface area (Å²) < 4.78 is 27.7. The Bertz CT molecular complexity index is 1090. The molecule has 0 N–H and O–H groups in total. The molecule has 4 rings (SSSR count). The third kappa shape index (κ3) is 3.62. The summed E-state index contributed by atoms with van der Waals surface area (Å²) in [6, 6.07) is 12.8. The zero-order valence-corrected chi connectivity index (χ0v) is 16.9. The quantitative estimate of drug-likeness (QED) is 0.658. The smallest absolute Gasteiger partial charge is 0.243 e. The van der Waals surface area contributed by atoms with Gasteiger partial charge in [-0.05, 0) is 60.2 Å². The van der Waals surface area contributed by atoms with Crippen LogP contribution in [-0.4, -0.2) is 41.0 Å². The molecule has 1 aromatic heterocycles. The molecule has 0 radical (unpaired) electrons. The number of fused-ring (bicyclic) bond motifs is 1. The van der Waals surface area contributed by atoms with Crippen LogP contribution < -0.4 is 4.84 Å². The summed E-state index contributed by atoms with van der Waals surface area (Å²) in [5.74, 6) is 0.372. The average Bonchev–Trinajstić information content (AvgIpc) is 3.10. The lowest BCUT2D eigenvalue weighted by Gasteiger charge is -2.30. The molecule has 1 aliphatic heterocycles. The minimum Gasteiger partial charge on any atom is -0.390 e. The van der Waals surface area contributed by atoms with Crippen LogP contribution in [0.5, 0.6) is 0 Å². The highest BCUT2D eigenvalue weighted by molar-refractivity contribution is 7.89. The van der Waals surface area contributed by atoms with Gasteiger partial charge in [0.15, 0.2) is 0 Å². The normalized spacial score (nSPS) is 18.4. The van der Waals surface area contributed by atoms with Crippen molar-refractivity contribution in [2.24, 2.45) is 5.92 Å². The zero-order chi connectivity index (χ0) is 19.7. The molecule has 3 aromatic rings. The van der Waals surface area contributed by atoms with E-state index in [-0.39, 0.29) is 4.90 Å². The predicted molar refractivity (Wildman–Crippen MR) is 106 cm³/mol. The Morgan fingerprint density at radius 2 is 2.04 bits per heavy atom. The Balaban J connectivity index is 1.62. The maximum Gasteiger partial charge on any atom is 0.243 e. The van der Waals surface area contributed by atoms with Crippen LogP contribution in [0.15, 0.2) is 47.4 Å². The molecule has 1 atom stereocenters. The van der Waals surface area contributed by atoms with Gasteiger partial charge in [-0.2, -0.15) is 4.31 Å². The van der Waals surface area contributed by atoms with Crippen LogP contribution in [0.1, 0.15) is 30.9 Å². The molecule has 0 aliphatic carbocycles. The molecule has 2 aromatic carbocycles. The highest BCUT2D eigenvalue weighted by atomic mass is 32.2. The second-order valence-corrected chi connectivity index (χ2v) is 9.36. The molecule has 1 unspecified atom stereocenters. The number of nitrogens with zero attached hydrogens (tertiary/aromatic N) is 4. The molecule has 0 bridgehead atoms. The van der Waals surface area contributed by atoms with Crippen molar-refractivity contribution in [3.05, 3.63) is 53.6 Å². The summed E-state index contributed by atoms with van der Waals surface area (Å²) in [4.78, 5) is 7.34. The Morgan fingerprint density at radius 1 is 1.21 bits per heavy atom. The van der Waals surface area contributed by atoms with Crippen molar-refractivity contribution in [2.45, 2.75) is 38.2 Å². The van der Waals surface area contributed by atoms with Crippen molar-refractivity contribution in [2.75, 3.05) is 13.1 Å². The first-order valence-electron chi connectivity index (χ1n) is 9.48. The largest absolute Gasteiger partial charge is 0.390 e. The lowest BCUT2D eigenvalue weighted by atomic mass is 10.0. The van der Waals surface area contributed by atoms with E-state index in [0.717, 1.165) is 24.0 Å². The van der Waals surface area contributed by atoms with Gasteiger partial charge in [0.2, 0.25) is 10.0 Å². The number of benzene rings is 2. The number of rotatable bonds is 5. The molecular weight excluding hydrogens is 376 g/mol. The first-order chi connectivity index (χ1) is 13.4. The summed E-state index contributed by atoms with van der Waals surface area (Å²) in [5, 5.41) is 8.10. The SMILES string of the molecule is Cc1ccccc1COn1nnc2ccc(S(=O)(=O)N3CCCC(C)C3)cc21. The van der Waals surface area contributed by atoms with E-state index in [2.05, 4.69) is 17.2 Å². The van der Waals surface area contributed by atoms with Crippen LogP contribution in [0, 0.1) is 12.8 Å². The Kier molecular flexibility index (Phi) is 5.07. The lowest BCUT2D eigenvalue weighted by molar-refractivity contribution is 0.0748. The van der Waals surface area contributed by atoms with Gasteiger partial charge in [0.1, 0.15) is 17.6 Å². The van der Waals surface area contributed by atoms with Crippen LogP contribution >= 0.6 is 0 Å². The van der Waals surface area contributed by atoms with Gasteiger partial charge in [-0.15, -0.1) is 5.10 Å². The van der Waals surface area contributed by atoms with E-state index in [1.54, 1.807) is 22.5 Å². The molecule has 1 aliphatic rings. The number of aromatic nitrogens is 3. The van der Waals surface area contributed by atoms with Gasteiger partial charge in [-0.3, -0.25) is 0 Å². The van der Waals surface area contributed by atoms with Crippen molar-refractivity contribution < 1.29 is 13.3 Å². The average molecular weight is 401 g/mol. The van der Waals surface area contributed by atoms with Crippen LogP contribution in [0.4, 0.5) is 0 Å². The fraction of sp³-hybridized carbons (Fsp3) is 0.400. The van der Waals surface area contributed by atoms with Crippen LogP contribution in [0.2, 0.25) is 0 Å². The van der Waals surface area contributed by atoms with Gasteiger partial charge < -0.3 is 4.84 Å². The fourth-order valence-corrected chi connectivity index (χ4v) is 5.17. The molecule has 28 heavy (non-hydrogen) atoms. The van der Waals surface area contributed by atoms with Gasteiger partial charge >= 0.3 is 0 Å². The molecule has 7 nitrogen and oxygen atoms in total. The Hall–Kier alpha value is -2.45. The van der Waals surface area contributed by atoms with Gasteiger partial charge in [0.05, 0.1) is 4.90 Å². The highest BCUT2D eigenvalue weighted by Crippen LogP contribution is 2.25. The van der Waals surface area contributed by atoms with E-state index >= 15 is 0 Å². The van der Waals surface area contributed by atoms with Gasteiger partial charge in [0.25, 0.3) is 0 Å². The van der Waals surface area contributed by atoms with E-state index in [4.69, 9.17) is 4.84 Å². The Morgan fingerprint density at radius 3 is 2.82 bits per heavy atom. The lowest BCUT2D eigenvalue weighted by Crippen LogP contribution is -2.39. The van der Waals surface area contributed by atoms with Crippen molar-refractivity contribution in [1.29, 1.82) is 0 Å². The van der Waals surface area contributed by atoms with E-state index in [1.807, 2.05) is 31.2 Å². The van der Waals surface area contributed by atoms with Gasteiger partial charge in [0, 0.05) is 13.1 Å². The molecule has 8 heteroatoms. The summed E-state index contributed by atoms with van der Waals surface area (Å²) in [7, 11) is -3.55. The monoisotopic (exact) mass is 400 g/mol. The third-order valence-corrected chi connectivity index (χ3v) is 7.11. The van der Waals surface area contributed by atoms with Crippen LogP contribution in [-0.2, 0) is 16.6 Å². The van der Waals surface area contributed by atoms with Crippen LogP contribution in [0.25, 0.3) is 11.0 Å². The summed E-state index contributed by atoms with van der Waals surface area (Å²) in [6.45, 7) is 5.55. The number of sulfonamides is 1. The van der Waals surface area contributed by atoms with Gasteiger partial charge in [-0.1, -0.05) is 36.0 Å². The first-order valence-corrected chi connectivity index (χ1v) is 10.9. The fourth-order valence-electron chi connectivity index (χ4n) is 3.55. The minimum absolute atomic E-state index is 0.247. The molecule has 0 saturated carbocycles. The highest BCUT2D eigenvalue weighted by Gasteiger charge is 2.29. The molecule has 0 amide bonds. The number of hydrogen-bond acceptors (Lipinski definition) is 5. The minimum atomic E-state index is -3.55. The van der Waals surface area contributed by atoms with Crippen molar-refractivity contribution in [3.63, 3.8) is 0 Å². The van der Waals surface area contributed by atoms with E-state index < -0.39 is 10.0 Å². The number of aryl methyl sites for hydroxylation is 1. The summed E-state index contributed by atoms with van der Waals surface area (Å²) >= 11 is 0. The standard InChI is InChI=1S/C20H24N4O3S/c1-15-6-5-11-23(13-15)28(25,26)18-9-10-19-20(12-18)24(22-21-19)27-14-17-8-4-3-7-16(17)2/h3-4,7-10,12,15H,5-6,11,13-14H2,1-2H3. The molecule has 1 saturated heterocycles. The second-order valence-electron chi connectivity index (χ2n) is 7.42. The molecule has 148 valence electrons. The van der Waals surface area contributed by atoms with Crippen molar-refractivity contribution >= 4 is 21.1 Å². The van der Waals surface area contributed by atoms with Crippen molar-refractivity contribution in [1.82, 2.24) is 19.5 Å². The van der Waals surface area contributed by atoms with E-state index in [9.17, 15) is 8.42 Å². The summed E-state index contributed by atoms with van der Waals surface area (Å²) in [5.41, 5.74) is 3.29. The Labute approximate surface area is 164 Å². The number of hydrogen-bond donors (Lipinski definition) is 0. The summed E-state index contributed by atoms with van der Waals surface area (Å²) in [6.07, 6.45) is 1.95. The molecule has 0 spiro atoms. The maximum absolute atomic E-state index is 13.1. The van der Waals surface area contributed by atoms with Gasteiger partial charge in [-0.25, -0.2) is 8.42 Å². The van der Waals surface area contributed by atoms with Crippen molar-refractivity contribution in [3.8, 4) is 0 Å². The molecule has 2 heterocycles. The molecular formula is C20H24N4O3S. The second kappa shape index (κ2) is 7.52. The topological polar surface area (TPSA) is 77.3 Å². The van der Waals surface area contributed by atoms with Crippen LogP contribution in [0.3, 0.4) is 0 Å². The van der Waals surface area contributed by atoms with E-state index in [0.29, 0.717) is 36.6 Å². The number of piperidine rings is 1. The first kappa shape index (κ1) is 18.9. The molecule has 1 fully saturated rings. The predicted octanol–water partition coefficient (Wildman–Crippen LogP) is 2.79.